The van der Waals surface area contributed by atoms with E-state index in [-0.39, 0.29) is 28.1 Å². The van der Waals surface area contributed by atoms with Gasteiger partial charge in [0.15, 0.2) is 5.82 Å². The molecule has 1 amide bonds. The van der Waals surface area contributed by atoms with Gasteiger partial charge in [0, 0.05) is 16.8 Å². The molecule has 2 aromatic rings. The lowest BCUT2D eigenvalue weighted by molar-refractivity contribution is -0.112. The number of rotatable bonds is 4. The molecule has 0 aromatic carbocycles. The van der Waals surface area contributed by atoms with Gasteiger partial charge in [-0.3, -0.25) is 9.69 Å². The maximum atomic E-state index is 13.6. The smallest absolute Gasteiger partial charge is 0.337 e. The van der Waals surface area contributed by atoms with Gasteiger partial charge in [0.25, 0.3) is 5.91 Å². The molecule has 172 valence electrons. The lowest BCUT2D eigenvalue weighted by atomic mass is 10.1. The maximum Gasteiger partial charge on any atom is 0.337 e. The number of carboxylic acid groups (broad SMARTS) is 1. The third-order valence-corrected chi connectivity index (χ3v) is 7.74. The third-order valence-electron chi connectivity index (χ3n) is 6.09. The third kappa shape index (κ3) is 4.18. The summed E-state index contributed by atoms with van der Waals surface area (Å²) in [6, 6.07) is 0. The molecule has 2 aliphatic heterocycles. The topological polar surface area (TPSA) is 125 Å². The van der Waals surface area contributed by atoms with Gasteiger partial charge in [0.1, 0.15) is 5.15 Å². The van der Waals surface area contributed by atoms with Gasteiger partial charge in [-0.1, -0.05) is 34.5 Å². The molecule has 33 heavy (non-hydrogen) atoms. The fraction of sp³-hybridized carbons (Fsp3) is 0.304. The van der Waals surface area contributed by atoms with E-state index < -0.39 is 5.97 Å². The highest BCUT2D eigenvalue weighted by Crippen LogP contribution is 2.43. The van der Waals surface area contributed by atoms with Gasteiger partial charge < -0.3 is 15.8 Å². The minimum absolute atomic E-state index is 0.0202. The van der Waals surface area contributed by atoms with E-state index in [2.05, 4.69) is 35.7 Å². The first kappa shape index (κ1) is 23.1. The van der Waals surface area contributed by atoms with Gasteiger partial charge in [-0.05, 0) is 57.1 Å². The van der Waals surface area contributed by atoms with E-state index in [1.54, 1.807) is 29.7 Å². The van der Waals surface area contributed by atoms with Crippen molar-refractivity contribution in [1.82, 2.24) is 15.0 Å². The number of H-pyrrole nitrogens is 1. The maximum absolute atomic E-state index is 13.6. The number of nitrogens with two attached hydrogens (primary N) is 1. The first-order valence-corrected chi connectivity index (χ1v) is 11.6. The van der Waals surface area contributed by atoms with Crippen molar-refractivity contribution >= 4 is 58.7 Å². The molecular weight excluding hydrogens is 462 g/mol. The zero-order chi connectivity index (χ0) is 24.0. The van der Waals surface area contributed by atoms with E-state index in [9.17, 15) is 14.7 Å². The van der Waals surface area contributed by atoms with Gasteiger partial charge in [-0.2, -0.15) is 4.98 Å². The Morgan fingerprint density at radius 1 is 1.27 bits per heavy atom. The molecule has 0 aliphatic carbocycles. The number of allylic oxidation sites excluding steroid dienone is 3. The van der Waals surface area contributed by atoms with Crippen molar-refractivity contribution < 1.29 is 14.7 Å². The van der Waals surface area contributed by atoms with Crippen LogP contribution in [0.1, 0.15) is 60.8 Å². The molecule has 4 heterocycles. The molecule has 8 nitrogen and oxygen atoms in total. The van der Waals surface area contributed by atoms with Crippen LogP contribution in [-0.2, 0) is 4.79 Å². The number of hydrogen-bond donors (Lipinski definition) is 3. The number of amides is 1. The molecule has 10 heteroatoms. The van der Waals surface area contributed by atoms with Crippen LogP contribution >= 0.6 is 23.4 Å². The number of anilines is 2. The zero-order valence-electron chi connectivity index (χ0n) is 18.7. The van der Waals surface area contributed by atoms with Gasteiger partial charge in [0.05, 0.1) is 23.2 Å². The molecule has 0 unspecified atom stereocenters. The number of fused-ring (bicyclic) bond motifs is 1. The van der Waals surface area contributed by atoms with Crippen molar-refractivity contribution in [3.63, 3.8) is 0 Å². The second-order valence-electron chi connectivity index (χ2n) is 8.21. The number of aromatic carboxylic acids is 1. The fourth-order valence-electron chi connectivity index (χ4n) is 3.88. The lowest BCUT2D eigenvalue weighted by Gasteiger charge is -2.19. The number of thioether (sulfide) groups is 1. The zero-order valence-corrected chi connectivity index (χ0v) is 20.3. The van der Waals surface area contributed by atoms with Gasteiger partial charge in [-0.15, -0.1) is 0 Å². The van der Waals surface area contributed by atoms with E-state index in [1.807, 2.05) is 0 Å². The Morgan fingerprint density at radius 2 is 1.97 bits per heavy atom. The van der Waals surface area contributed by atoms with Crippen molar-refractivity contribution in [3.8, 4) is 0 Å². The molecular formula is C23H24ClN5O3S. The normalized spacial score (nSPS) is 17.8. The van der Waals surface area contributed by atoms with Gasteiger partial charge in [-0.25, -0.2) is 9.78 Å². The number of halogens is 1. The summed E-state index contributed by atoms with van der Waals surface area (Å²) < 4.78 is 0. The molecule has 2 aromatic heterocycles. The predicted molar refractivity (Wildman–Crippen MR) is 132 cm³/mol. The summed E-state index contributed by atoms with van der Waals surface area (Å²) in [6.07, 6.45) is 4.92. The molecule has 0 saturated heterocycles. The number of carboxylic acids is 1. The van der Waals surface area contributed by atoms with Crippen LogP contribution in [-0.4, -0.2) is 38.5 Å². The number of nitrogens with zero attached hydrogens (tertiary/aromatic N) is 3. The Hall–Kier alpha value is -3.04. The van der Waals surface area contributed by atoms with Crippen molar-refractivity contribution in [1.29, 1.82) is 0 Å². The van der Waals surface area contributed by atoms with E-state index in [0.717, 1.165) is 17.7 Å². The molecule has 0 atom stereocenters. The second-order valence-corrected chi connectivity index (χ2v) is 9.88. The number of aromatic amines is 1. The van der Waals surface area contributed by atoms with Gasteiger partial charge >= 0.3 is 5.97 Å². The average Bonchev–Trinajstić information content (AvgIpc) is 3.19. The van der Waals surface area contributed by atoms with Crippen LogP contribution in [0.4, 0.5) is 11.8 Å². The standard InChI is InChI=1S/C23H24ClN5O3S/c1-10-5-6-11(2)17(33-13(10)4)9-29-20-18(19(24)27-23(25)28-20)14(21(29)30)7-16-12(3)15(8-26-16)22(31)32/h7-8,26H,5-6,9H2,1-4H3,(H,31,32)(H2,25,27,28)/b14-7-. The van der Waals surface area contributed by atoms with Crippen molar-refractivity contribution in [2.45, 2.75) is 40.5 Å². The Kier molecular flexibility index (Phi) is 6.11. The number of nitrogens with one attached hydrogen (secondary N) is 1. The number of carbonyl (C=O) groups is 2. The average molecular weight is 486 g/mol. The summed E-state index contributed by atoms with van der Waals surface area (Å²) in [5, 5.41) is 9.43. The summed E-state index contributed by atoms with van der Waals surface area (Å²) in [7, 11) is 0. The molecule has 4 rings (SSSR count). The van der Waals surface area contributed by atoms with Crippen LogP contribution in [0.2, 0.25) is 5.15 Å². The number of nitrogen functional groups attached to an aromatic ring is 1. The van der Waals surface area contributed by atoms with Gasteiger partial charge in [0.2, 0.25) is 5.95 Å². The van der Waals surface area contributed by atoms with Crippen LogP contribution in [0.15, 0.2) is 27.2 Å². The molecule has 2 aliphatic rings. The minimum atomic E-state index is -1.05. The SMILES string of the molecule is CC1=C(C)SC(CN2C(=O)/C(=C\c3[nH]cc(C(=O)O)c3C)c3c(Cl)nc(N)nc32)=C(C)CC1. The van der Waals surface area contributed by atoms with Crippen molar-refractivity contribution in [2.24, 2.45) is 0 Å². The number of hydrogen-bond acceptors (Lipinski definition) is 6. The number of carbonyl (C=O) groups excluding carboxylic acids is 1. The van der Waals surface area contributed by atoms with E-state index in [1.165, 1.54) is 22.2 Å². The van der Waals surface area contributed by atoms with Crippen LogP contribution in [0.25, 0.3) is 11.6 Å². The monoisotopic (exact) mass is 485 g/mol. The van der Waals surface area contributed by atoms with Crippen LogP contribution < -0.4 is 10.6 Å². The Morgan fingerprint density at radius 3 is 2.64 bits per heavy atom. The largest absolute Gasteiger partial charge is 0.478 e. The van der Waals surface area contributed by atoms with E-state index >= 15 is 0 Å². The summed E-state index contributed by atoms with van der Waals surface area (Å²) in [5.41, 5.74) is 10.3. The summed E-state index contributed by atoms with van der Waals surface area (Å²) in [5.74, 6) is -1.00. The predicted octanol–water partition coefficient (Wildman–Crippen LogP) is 5.03. The molecule has 0 spiro atoms. The minimum Gasteiger partial charge on any atom is -0.478 e. The van der Waals surface area contributed by atoms with Crippen molar-refractivity contribution in [2.75, 3.05) is 17.2 Å². The highest BCUT2D eigenvalue weighted by atomic mass is 35.5. The first-order valence-electron chi connectivity index (χ1n) is 10.4. The highest BCUT2D eigenvalue weighted by Gasteiger charge is 2.38. The second kappa shape index (κ2) is 8.72. The Balaban J connectivity index is 1.81. The van der Waals surface area contributed by atoms with E-state index in [0.29, 0.717) is 29.2 Å². The van der Waals surface area contributed by atoms with Crippen LogP contribution in [0.3, 0.4) is 0 Å². The lowest BCUT2D eigenvalue weighted by Crippen LogP contribution is -2.29. The van der Waals surface area contributed by atoms with Crippen LogP contribution in [0, 0.1) is 6.92 Å². The quantitative estimate of drug-likeness (QED) is 0.409. The van der Waals surface area contributed by atoms with E-state index in [4.69, 9.17) is 17.3 Å². The molecule has 0 fully saturated rings. The first-order chi connectivity index (χ1) is 15.6. The Bertz CT molecular complexity index is 1290. The highest BCUT2D eigenvalue weighted by molar-refractivity contribution is 8.06. The fourth-order valence-corrected chi connectivity index (χ4v) is 5.27. The Labute approximate surface area is 200 Å². The molecule has 0 radical (unpaired) electrons. The molecule has 0 saturated carbocycles. The molecule has 0 bridgehead atoms. The summed E-state index contributed by atoms with van der Waals surface area (Å²) in [6.45, 7) is 8.33. The molecule has 4 N–H and O–H groups in total. The number of aromatic nitrogens is 3. The summed E-state index contributed by atoms with van der Waals surface area (Å²) in [4.78, 5) is 40.2. The summed E-state index contributed by atoms with van der Waals surface area (Å²) >= 11 is 8.10. The van der Waals surface area contributed by atoms with Crippen molar-refractivity contribution in [3.05, 3.63) is 54.7 Å². The van der Waals surface area contributed by atoms with Crippen LogP contribution in [0.5, 0.6) is 0 Å².